The zero-order chi connectivity index (χ0) is 10.9. The fourth-order valence-electron chi connectivity index (χ4n) is 2.18. The Kier molecular flexibility index (Phi) is 2.47. The van der Waals surface area contributed by atoms with Crippen LogP contribution < -0.4 is 0 Å². The molecule has 0 aliphatic heterocycles. The number of hydrogen-bond acceptors (Lipinski definition) is 1. The Labute approximate surface area is 90.8 Å². The van der Waals surface area contributed by atoms with Gasteiger partial charge in [0.1, 0.15) is 0 Å². The lowest BCUT2D eigenvalue weighted by Gasteiger charge is -2.28. The summed E-state index contributed by atoms with van der Waals surface area (Å²) in [4.78, 5) is 11.6. The minimum Gasteiger partial charge on any atom is -0.295 e. The van der Waals surface area contributed by atoms with E-state index in [4.69, 9.17) is 0 Å². The first-order valence-corrected chi connectivity index (χ1v) is 5.36. The van der Waals surface area contributed by atoms with Crippen LogP contribution in [0.2, 0.25) is 0 Å². The van der Waals surface area contributed by atoms with E-state index in [2.05, 4.69) is 26.0 Å². The molecule has 1 aromatic rings. The van der Waals surface area contributed by atoms with E-state index in [1.165, 1.54) is 11.1 Å². The molecule has 1 nitrogen and oxygen atoms in total. The van der Waals surface area contributed by atoms with Gasteiger partial charge in [0.25, 0.3) is 0 Å². The average Bonchev–Trinajstić information content (AvgIpc) is 2.16. The molecule has 15 heavy (non-hydrogen) atoms. The highest BCUT2D eigenvalue weighted by Crippen LogP contribution is 2.37. The minimum atomic E-state index is 0.108. The number of ketones is 1. The predicted octanol–water partition coefficient (Wildman–Crippen LogP) is 3.46. The van der Waals surface area contributed by atoms with Crippen molar-refractivity contribution in [3.05, 3.63) is 42.0 Å². The number of carbonyl (C=O) groups excluding carboxylic acids is 1. The second-order valence-corrected chi connectivity index (χ2v) is 5.02. The van der Waals surface area contributed by atoms with E-state index in [0.29, 0.717) is 6.42 Å². The molecular weight excluding hydrogens is 184 g/mol. The molecule has 0 radical (unpaired) electrons. The van der Waals surface area contributed by atoms with Crippen molar-refractivity contribution in [2.24, 2.45) is 5.41 Å². The Bertz CT molecular complexity index is 399. The third kappa shape index (κ3) is 2.35. The molecule has 0 saturated heterocycles. The van der Waals surface area contributed by atoms with E-state index in [0.717, 1.165) is 6.42 Å². The maximum absolute atomic E-state index is 11.6. The van der Waals surface area contributed by atoms with Crippen molar-refractivity contribution >= 4 is 11.4 Å². The Morgan fingerprint density at radius 2 is 1.73 bits per heavy atom. The lowest BCUT2D eigenvalue weighted by atomic mass is 9.75. The van der Waals surface area contributed by atoms with Crippen LogP contribution in [0.1, 0.15) is 32.3 Å². The molecule has 0 bridgehead atoms. The van der Waals surface area contributed by atoms with Gasteiger partial charge < -0.3 is 0 Å². The molecule has 0 saturated carbocycles. The van der Waals surface area contributed by atoms with Gasteiger partial charge in [-0.05, 0) is 29.0 Å². The van der Waals surface area contributed by atoms with Crippen LogP contribution in [0.25, 0.3) is 5.57 Å². The van der Waals surface area contributed by atoms with Crippen LogP contribution >= 0.6 is 0 Å². The van der Waals surface area contributed by atoms with Crippen LogP contribution in [0.3, 0.4) is 0 Å². The van der Waals surface area contributed by atoms with Gasteiger partial charge in [-0.25, -0.2) is 0 Å². The number of carbonyl (C=O) groups is 1. The largest absolute Gasteiger partial charge is 0.295 e. The van der Waals surface area contributed by atoms with Crippen LogP contribution in [-0.2, 0) is 4.79 Å². The van der Waals surface area contributed by atoms with Gasteiger partial charge in [0.15, 0.2) is 5.78 Å². The predicted molar refractivity (Wildman–Crippen MR) is 62.4 cm³/mol. The summed E-state index contributed by atoms with van der Waals surface area (Å²) in [5.41, 5.74) is 2.47. The van der Waals surface area contributed by atoms with E-state index >= 15 is 0 Å². The molecule has 1 aliphatic carbocycles. The second kappa shape index (κ2) is 3.65. The maximum Gasteiger partial charge on any atom is 0.156 e. The summed E-state index contributed by atoms with van der Waals surface area (Å²) in [6, 6.07) is 10.2. The van der Waals surface area contributed by atoms with Gasteiger partial charge in [-0.15, -0.1) is 0 Å². The van der Waals surface area contributed by atoms with Crippen molar-refractivity contribution in [2.45, 2.75) is 26.7 Å². The third-order valence-corrected chi connectivity index (χ3v) is 2.80. The minimum absolute atomic E-state index is 0.108. The first kappa shape index (κ1) is 10.2. The summed E-state index contributed by atoms with van der Waals surface area (Å²) in [5.74, 6) is 0.255. The van der Waals surface area contributed by atoms with Crippen LogP contribution in [0.15, 0.2) is 36.4 Å². The van der Waals surface area contributed by atoms with Gasteiger partial charge in [0, 0.05) is 6.42 Å². The van der Waals surface area contributed by atoms with Gasteiger partial charge >= 0.3 is 0 Å². The van der Waals surface area contributed by atoms with E-state index in [-0.39, 0.29) is 11.2 Å². The lowest BCUT2D eigenvalue weighted by molar-refractivity contribution is -0.116. The Morgan fingerprint density at radius 3 is 2.33 bits per heavy atom. The molecule has 0 heterocycles. The van der Waals surface area contributed by atoms with Gasteiger partial charge in [0.05, 0.1) is 0 Å². The summed E-state index contributed by atoms with van der Waals surface area (Å²) in [6.45, 7) is 4.31. The molecular formula is C14H16O. The second-order valence-electron chi connectivity index (χ2n) is 5.02. The molecule has 1 heteroatoms. The molecule has 2 rings (SSSR count). The van der Waals surface area contributed by atoms with Crippen molar-refractivity contribution in [3.8, 4) is 0 Å². The van der Waals surface area contributed by atoms with Crippen molar-refractivity contribution in [3.63, 3.8) is 0 Å². The van der Waals surface area contributed by atoms with Gasteiger partial charge in [-0.1, -0.05) is 44.2 Å². The maximum atomic E-state index is 11.6. The third-order valence-electron chi connectivity index (χ3n) is 2.80. The van der Waals surface area contributed by atoms with Gasteiger partial charge in [0.2, 0.25) is 0 Å². The first-order chi connectivity index (χ1) is 7.07. The Morgan fingerprint density at radius 1 is 1.07 bits per heavy atom. The zero-order valence-electron chi connectivity index (χ0n) is 9.29. The molecule has 0 spiro atoms. The van der Waals surface area contributed by atoms with Crippen LogP contribution in [0.5, 0.6) is 0 Å². The smallest absolute Gasteiger partial charge is 0.156 e. The highest BCUT2D eigenvalue weighted by Gasteiger charge is 2.27. The highest BCUT2D eigenvalue weighted by molar-refractivity contribution is 5.99. The SMILES string of the molecule is CC1(C)CC(=O)C=C(c2ccccc2)C1. The van der Waals surface area contributed by atoms with Crippen molar-refractivity contribution in [1.29, 1.82) is 0 Å². The summed E-state index contributed by atoms with van der Waals surface area (Å²) < 4.78 is 0. The quantitative estimate of drug-likeness (QED) is 0.678. The zero-order valence-corrected chi connectivity index (χ0v) is 9.29. The van der Waals surface area contributed by atoms with Gasteiger partial charge in [-0.2, -0.15) is 0 Å². The van der Waals surface area contributed by atoms with Crippen LogP contribution in [0.4, 0.5) is 0 Å². The van der Waals surface area contributed by atoms with Crippen molar-refractivity contribution in [2.75, 3.05) is 0 Å². The topological polar surface area (TPSA) is 17.1 Å². The monoisotopic (exact) mass is 200 g/mol. The molecule has 0 fully saturated rings. The van der Waals surface area contributed by atoms with Crippen molar-refractivity contribution in [1.82, 2.24) is 0 Å². The number of rotatable bonds is 1. The van der Waals surface area contributed by atoms with E-state index < -0.39 is 0 Å². The van der Waals surface area contributed by atoms with E-state index in [9.17, 15) is 4.79 Å². The fraction of sp³-hybridized carbons (Fsp3) is 0.357. The molecule has 0 unspecified atom stereocenters. The number of allylic oxidation sites excluding steroid dienone is 2. The Balaban J connectivity index is 2.35. The summed E-state index contributed by atoms with van der Waals surface area (Å²) in [5, 5.41) is 0. The molecule has 78 valence electrons. The summed E-state index contributed by atoms with van der Waals surface area (Å²) in [6.07, 6.45) is 3.46. The highest BCUT2D eigenvalue weighted by atomic mass is 16.1. The normalized spacial score (nSPS) is 19.9. The van der Waals surface area contributed by atoms with E-state index in [1.54, 1.807) is 6.08 Å². The fourth-order valence-corrected chi connectivity index (χ4v) is 2.18. The molecule has 0 aromatic heterocycles. The van der Waals surface area contributed by atoms with Crippen LogP contribution in [-0.4, -0.2) is 5.78 Å². The van der Waals surface area contributed by atoms with Crippen molar-refractivity contribution < 1.29 is 4.79 Å². The molecule has 1 aromatic carbocycles. The standard InChI is InChI=1S/C14H16O/c1-14(2)9-12(8-13(15)10-14)11-6-4-3-5-7-11/h3-8H,9-10H2,1-2H3. The molecule has 0 atom stereocenters. The average molecular weight is 200 g/mol. The first-order valence-electron chi connectivity index (χ1n) is 5.36. The molecule has 1 aliphatic rings. The number of hydrogen-bond donors (Lipinski definition) is 0. The lowest BCUT2D eigenvalue weighted by Crippen LogP contribution is -2.21. The van der Waals surface area contributed by atoms with E-state index in [1.807, 2.05) is 18.2 Å². The van der Waals surface area contributed by atoms with Crippen LogP contribution in [0, 0.1) is 5.41 Å². The summed E-state index contributed by atoms with van der Waals surface area (Å²) in [7, 11) is 0. The van der Waals surface area contributed by atoms with Gasteiger partial charge in [-0.3, -0.25) is 4.79 Å². The number of benzene rings is 1. The summed E-state index contributed by atoms with van der Waals surface area (Å²) >= 11 is 0. The molecule has 0 N–H and O–H groups in total. The Hall–Kier alpha value is -1.37. The molecule has 0 amide bonds.